The van der Waals surface area contributed by atoms with E-state index in [-0.39, 0.29) is 11.2 Å². The van der Waals surface area contributed by atoms with Crippen molar-refractivity contribution in [3.63, 3.8) is 0 Å². The maximum Gasteiger partial charge on any atom is 0.429 e. The highest BCUT2D eigenvalue weighted by molar-refractivity contribution is 5.31. The van der Waals surface area contributed by atoms with Crippen LogP contribution in [0.3, 0.4) is 0 Å². The van der Waals surface area contributed by atoms with Gasteiger partial charge in [-0.3, -0.25) is 0 Å². The van der Waals surface area contributed by atoms with Crippen LogP contribution in [0.15, 0.2) is 24.3 Å². The number of ether oxygens (including phenoxy) is 1. The molecule has 0 aliphatic heterocycles. The number of hydrogen-bond donors (Lipinski definition) is 1. The van der Waals surface area contributed by atoms with Crippen LogP contribution in [0, 0.1) is 0 Å². The van der Waals surface area contributed by atoms with Crippen molar-refractivity contribution in [3.8, 4) is 5.75 Å². The van der Waals surface area contributed by atoms with Crippen LogP contribution in [0.5, 0.6) is 5.75 Å². The minimum atomic E-state index is -5.89. The molecule has 0 radical (unpaired) electrons. The number of alkyl halides is 6. The lowest BCUT2D eigenvalue weighted by Gasteiger charge is -2.32. The van der Waals surface area contributed by atoms with Crippen LogP contribution < -0.4 is 4.74 Å². The summed E-state index contributed by atoms with van der Waals surface area (Å²) in [6.07, 6.45) is -11.0. The van der Waals surface area contributed by atoms with Crippen molar-refractivity contribution in [2.75, 3.05) is 6.61 Å². The van der Waals surface area contributed by atoms with Gasteiger partial charge in [-0.1, -0.05) is 32.9 Å². The molecule has 0 bridgehead atoms. The van der Waals surface area contributed by atoms with Crippen LogP contribution in [-0.4, -0.2) is 29.7 Å². The van der Waals surface area contributed by atoms with Gasteiger partial charge >= 0.3 is 12.4 Å². The molecule has 132 valence electrons. The fraction of sp³-hybridized carbons (Fsp3) is 0.600. The molecule has 1 rings (SSSR count). The molecule has 8 heteroatoms. The Morgan fingerprint density at radius 1 is 0.913 bits per heavy atom. The molecule has 1 aromatic carbocycles. The zero-order valence-electron chi connectivity index (χ0n) is 12.8. The van der Waals surface area contributed by atoms with E-state index in [9.17, 15) is 26.3 Å². The Morgan fingerprint density at radius 3 is 1.70 bits per heavy atom. The summed E-state index contributed by atoms with van der Waals surface area (Å²) in [7, 11) is 0. The summed E-state index contributed by atoms with van der Waals surface area (Å²) >= 11 is 0. The lowest BCUT2D eigenvalue weighted by molar-refractivity contribution is -0.373. The monoisotopic (exact) mass is 344 g/mol. The summed E-state index contributed by atoms with van der Waals surface area (Å²) in [4.78, 5) is 0. The second-order valence-corrected chi connectivity index (χ2v) is 5.91. The van der Waals surface area contributed by atoms with Gasteiger partial charge in [0.1, 0.15) is 12.4 Å². The third-order valence-electron chi connectivity index (χ3n) is 3.91. The second-order valence-electron chi connectivity index (χ2n) is 5.91. The highest BCUT2D eigenvalue weighted by Gasteiger charge is 2.71. The van der Waals surface area contributed by atoms with Crippen molar-refractivity contribution < 1.29 is 36.2 Å². The van der Waals surface area contributed by atoms with E-state index in [1.165, 1.54) is 12.1 Å². The van der Waals surface area contributed by atoms with E-state index in [4.69, 9.17) is 5.11 Å². The van der Waals surface area contributed by atoms with Crippen molar-refractivity contribution in [3.05, 3.63) is 29.8 Å². The maximum atomic E-state index is 12.5. The van der Waals surface area contributed by atoms with E-state index in [2.05, 4.69) is 4.74 Å². The Bertz CT molecular complexity index is 502. The highest BCUT2D eigenvalue weighted by Crippen LogP contribution is 2.43. The lowest BCUT2D eigenvalue weighted by Crippen LogP contribution is -2.60. The van der Waals surface area contributed by atoms with Crippen LogP contribution in [0.4, 0.5) is 26.3 Å². The standard InChI is InChI=1S/C15H18F6O2/c1-4-12(2,3)10-5-7-11(8-6-10)23-9-13(22,14(16,17)18)15(19,20)21/h5-8,22H,4,9H2,1-3H3. The van der Waals surface area contributed by atoms with E-state index in [1.54, 1.807) is 12.1 Å². The van der Waals surface area contributed by atoms with Gasteiger partial charge in [-0.15, -0.1) is 0 Å². The normalized spacial score (nSPS) is 14.0. The van der Waals surface area contributed by atoms with Gasteiger partial charge < -0.3 is 9.84 Å². The molecule has 2 nitrogen and oxygen atoms in total. The van der Waals surface area contributed by atoms with Gasteiger partial charge in [0, 0.05) is 0 Å². The maximum absolute atomic E-state index is 12.5. The molecule has 0 aromatic heterocycles. The summed E-state index contributed by atoms with van der Waals surface area (Å²) in [6.45, 7) is 3.90. The molecule has 23 heavy (non-hydrogen) atoms. The molecule has 0 fully saturated rings. The molecule has 0 amide bonds. The smallest absolute Gasteiger partial charge is 0.429 e. The molecule has 0 atom stereocenters. The van der Waals surface area contributed by atoms with E-state index in [0.29, 0.717) is 0 Å². The SMILES string of the molecule is CCC(C)(C)c1ccc(OCC(O)(C(F)(F)F)C(F)(F)F)cc1. The Kier molecular flexibility index (Phi) is 5.30. The Balaban J connectivity index is 2.92. The summed E-state index contributed by atoms with van der Waals surface area (Å²) in [5.41, 5.74) is -4.23. The van der Waals surface area contributed by atoms with E-state index < -0.39 is 24.6 Å². The molecule has 0 saturated carbocycles. The fourth-order valence-corrected chi connectivity index (χ4v) is 1.72. The van der Waals surface area contributed by atoms with Gasteiger partial charge in [0.15, 0.2) is 0 Å². The zero-order valence-corrected chi connectivity index (χ0v) is 12.8. The predicted molar refractivity (Wildman–Crippen MR) is 72.3 cm³/mol. The first-order valence-corrected chi connectivity index (χ1v) is 6.84. The first kappa shape index (κ1) is 19.6. The number of rotatable bonds is 5. The Hall–Kier alpha value is -1.44. The van der Waals surface area contributed by atoms with E-state index in [0.717, 1.165) is 12.0 Å². The Morgan fingerprint density at radius 2 is 1.35 bits per heavy atom. The molecule has 0 aliphatic rings. The van der Waals surface area contributed by atoms with Crippen molar-refractivity contribution in [2.45, 2.75) is 50.6 Å². The molecular weight excluding hydrogens is 326 g/mol. The lowest BCUT2D eigenvalue weighted by atomic mass is 9.82. The largest absolute Gasteiger partial charge is 0.490 e. The average molecular weight is 344 g/mol. The van der Waals surface area contributed by atoms with Gasteiger partial charge in [-0.25, -0.2) is 0 Å². The first-order chi connectivity index (χ1) is 10.2. The van der Waals surface area contributed by atoms with Crippen molar-refractivity contribution in [2.24, 2.45) is 0 Å². The van der Waals surface area contributed by atoms with Crippen LogP contribution in [-0.2, 0) is 5.41 Å². The third-order valence-corrected chi connectivity index (χ3v) is 3.91. The number of benzene rings is 1. The minimum Gasteiger partial charge on any atom is -0.490 e. The van der Waals surface area contributed by atoms with Gasteiger partial charge in [-0.05, 0) is 29.5 Å². The molecule has 0 spiro atoms. The van der Waals surface area contributed by atoms with E-state index in [1.807, 2.05) is 20.8 Å². The van der Waals surface area contributed by atoms with E-state index >= 15 is 0 Å². The third kappa shape index (κ3) is 4.10. The van der Waals surface area contributed by atoms with Crippen molar-refractivity contribution in [1.82, 2.24) is 0 Å². The molecular formula is C15H18F6O2. The minimum absolute atomic E-state index is 0.183. The molecule has 0 heterocycles. The predicted octanol–water partition coefficient (Wildman–Crippen LogP) is 4.61. The van der Waals surface area contributed by atoms with Gasteiger partial charge in [-0.2, -0.15) is 26.3 Å². The van der Waals surface area contributed by atoms with Gasteiger partial charge in [0.25, 0.3) is 5.60 Å². The number of halogens is 6. The summed E-state index contributed by atoms with van der Waals surface area (Å²) in [5.74, 6) is -0.187. The number of hydrogen-bond acceptors (Lipinski definition) is 2. The molecule has 0 unspecified atom stereocenters. The quantitative estimate of drug-likeness (QED) is 0.791. The summed E-state index contributed by atoms with van der Waals surface area (Å²) < 4.78 is 79.7. The summed E-state index contributed by atoms with van der Waals surface area (Å²) in [5, 5.41) is 8.99. The van der Waals surface area contributed by atoms with Crippen LogP contribution in [0.1, 0.15) is 32.8 Å². The first-order valence-electron chi connectivity index (χ1n) is 6.84. The zero-order chi connectivity index (χ0) is 18.1. The average Bonchev–Trinajstić information content (AvgIpc) is 2.42. The fourth-order valence-electron chi connectivity index (χ4n) is 1.72. The van der Waals surface area contributed by atoms with Gasteiger partial charge in [0.2, 0.25) is 0 Å². The van der Waals surface area contributed by atoms with Crippen molar-refractivity contribution >= 4 is 0 Å². The number of aliphatic hydroxyl groups is 1. The van der Waals surface area contributed by atoms with Crippen molar-refractivity contribution in [1.29, 1.82) is 0 Å². The van der Waals surface area contributed by atoms with Gasteiger partial charge in [0.05, 0.1) is 0 Å². The molecule has 0 saturated heterocycles. The van der Waals surface area contributed by atoms with Crippen LogP contribution >= 0.6 is 0 Å². The van der Waals surface area contributed by atoms with Crippen LogP contribution in [0.2, 0.25) is 0 Å². The Labute approximate surface area is 130 Å². The van der Waals surface area contributed by atoms with Crippen LogP contribution in [0.25, 0.3) is 0 Å². The molecule has 1 aromatic rings. The highest BCUT2D eigenvalue weighted by atomic mass is 19.4. The second kappa shape index (κ2) is 6.22. The molecule has 0 aliphatic carbocycles. The topological polar surface area (TPSA) is 29.5 Å². The summed E-state index contributed by atoms with van der Waals surface area (Å²) in [6, 6.07) is 5.69. The molecule has 1 N–H and O–H groups in total.